The van der Waals surface area contributed by atoms with Crippen molar-refractivity contribution >= 4 is 17.3 Å². The Balaban J connectivity index is 1.47. The highest BCUT2D eigenvalue weighted by atomic mass is 35.5. The fraction of sp³-hybridized carbons (Fsp3) is 0.308. The van der Waals surface area contributed by atoms with Crippen LogP contribution in [0.15, 0.2) is 84.9 Å². The van der Waals surface area contributed by atoms with Gasteiger partial charge >= 0.3 is 0 Å². The summed E-state index contributed by atoms with van der Waals surface area (Å²) in [6.07, 6.45) is 2.19. The van der Waals surface area contributed by atoms with E-state index < -0.39 is 0 Å². The van der Waals surface area contributed by atoms with Crippen LogP contribution in [-0.2, 0) is 12.8 Å². The Labute approximate surface area is 179 Å². The quantitative estimate of drug-likeness (QED) is 0.535. The Bertz CT molecular complexity index is 864. The number of hydrogen-bond acceptors (Lipinski definition) is 2. The van der Waals surface area contributed by atoms with Gasteiger partial charge in [0.2, 0.25) is 0 Å². The summed E-state index contributed by atoms with van der Waals surface area (Å²) in [5.41, 5.74) is 4.08. The van der Waals surface area contributed by atoms with Crippen LogP contribution >= 0.6 is 11.6 Å². The first kappa shape index (κ1) is 20.0. The number of nitrogens with zero attached hydrogens (tertiary/aromatic N) is 1. The van der Waals surface area contributed by atoms with Crippen molar-refractivity contribution in [1.82, 2.24) is 5.32 Å². The van der Waals surface area contributed by atoms with Crippen molar-refractivity contribution < 1.29 is 0 Å². The molecule has 0 amide bonds. The minimum atomic E-state index is 0.640. The zero-order valence-corrected chi connectivity index (χ0v) is 17.6. The number of nitrogens with one attached hydrogen (secondary N) is 1. The lowest BCUT2D eigenvalue weighted by Crippen LogP contribution is -2.35. The molecular weight excluding hydrogens is 376 g/mol. The Morgan fingerprint density at radius 2 is 1.38 bits per heavy atom. The van der Waals surface area contributed by atoms with Gasteiger partial charge in [-0.1, -0.05) is 72.3 Å². The Kier molecular flexibility index (Phi) is 6.87. The normalized spacial score (nSPS) is 18.7. The molecule has 1 fully saturated rings. The summed E-state index contributed by atoms with van der Waals surface area (Å²) >= 11 is 6.14. The summed E-state index contributed by atoms with van der Waals surface area (Å²) < 4.78 is 0. The number of benzene rings is 3. The molecule has 0 bridgehead atoms. The molecule has 1 N–H and O–H groups in total. The fourth-order valence-electron chi connectivity index (χ4n) is 4.33. The summed E-state index contributed by atoms with van der Waals surface area (Å²) in [7, 11) is 0. The molecule has 0 aromatic heterocycles. The zero-order valence-electron chi connectivity index (χ0n) is 16.8. The predicted octanol–water partition coefficient (Wildman–Crippen LogP) is 5.47. The Hall–Kier alpha value is -2.29. The largest absolute Gasteiger partial charge is 0.371 e. The van der Waals surface area contributed by atoms with Gasteiger partial charge in [-0.15, -0.1) is 0 Å². The maximum absolute atomic E-state index is 6.14. The van der Waals surface area contributed by atoms with Gasteiger partial charge in [0.1, 0.15) is 0 Å². The van der Waals surface area contributed by atoms with Gasteiger partial charge in [0, 0.05) is 23.8 Å². The predicted molar refractivity (Wildman–Crippen MR) is 124 cm³/mol. The van der Waals surface area contributed by atoms with Crippen LogP contribution < -0.4 is 10.2 Å². The van der Waals surface area contributed by atoms with Crippen molar-refractivity contribution in [3.05, 3.63) is 101 Å². The second kappa shape index (κ2) is 9.96. The van der Waals surface area contributed by atoms with Crippen LogP contribution in [0.2, 0.25) is 5.02 Å². The van der Waals surface area contributed by atoms with E-state index in [0.717, 1.165) is 44.0 Å². The van der Waals surface area contributed by atoms with Crippen LogP contribution in [0.25, 0.3) is 0 Å². The van der Waals surface area contributed by atoms with Crippen molar-refractivity contribution in [3.8, 4) is 0 Å². The van der Waals surface area contributed by atoms with Crippen molar-refractivity contribution in [2.24, 2.45) is 11.8 Å². The van der Waals surface area contributed by atoms with Crippen LogP contribution in [0.5, 0.6) is 0 Å². The first-order valence-electron chi connectivity index (χ1n) is 10.6. The van der Waals surface area contributed by atoms with Crippen molar-refractivity contribution in [1.29, 1.82) is 0 Å². The van der Waals surface area contributed by atoms with Crippen LogP contribution in [0.1, 0.15) is 11.1 Å². The topological polar surface area (TPSA) is 15.3 Å². The molecule has 3 aromatic carbocycles. The van der Waals surface area contributed by atoms with Gasteiger partial charge in [0.05, 0.1) is 0 Å². The van der Waals surface area contributed by atoms with Crippen molar-refractivity contribution in [2.75, 3.05) is 31.1 Å². The molecule has 3 aromatic rings. The third-order valence-electron chi connectivity index (χ3n) is 5.98. The highest BCUT2D eigenvalue weighted by Gasteiger charge is 2.29. The van der Waals surface area contributed by atoms with E-state index in [4.69, 9.17) is 11.6 Å². The molecule has 0 saturated carbocycles. The second-order valence-electron chi connectivity index (χ2n) is 8.03. The molecule has 4 rings (SSSR count). The number of halogens is 1. The number of anilines is 1. The fourth-order valence-corrected chi connectivity index (χ4v) is 4.45. The van der Waals surface area contributed by atoms with Crippen LogP contribution in [0.3, 0.4) is 0 Å². The maximum atomic E-state index is 6.14. The molecule has 0 aliphatic carbocycles. The standard InChI is InChI=1S/C26H29ClN2/c27-25-11-13-26(14-12-25)29(16-15-21-7-3-1-4-8-21)20-24-19-28-18-23(24)17-22-9-5-2-6-10-22/h1-14,23-24,28H,15-20H2. The van der Waals surface area contributed by atoms with Crippen LogP contribution in [0, 0.1) is 11.8 Å². The lowest BCUT2D eigenvalue weighted by atomic mass is 9.89. The molecule has 2 atom stereocenters. The summed E-state index contributed by atoms with van der Waals surface area (Å²) in [4.78, 5) is 2.54. The number of hydrogen-bond donors (Lipinski definition) is 1. The molecule has 1 heterocycles. The monoisotopic (exact) mass is 404 g/mol. The first-order chi connectivity index (χ1) is 14.3. The third kappa shape index (κ3) is 5.62. The zero-order chi connectivity index (χ0) is 19.9. The van der Waals surface area contributed by atoms with E-state index in [0.29, 0.717) is 11.8 Å². The number of rotatable bonds is 8. The van der Waals surface area contributed by atoms with Crippen LogP contribution in [-0.4, -0.2) is 26.2 Å². The molecule has 29 heavy (non-hydrogen) atoms. The second-order valence-corrected chi connectivity index (χ2v) is 8.46. The van der Waals surface area contributed by atoms with Gasteiger partial charge in [0.25, 0.3) is 0 Å². The molecule has 1 saturated heterocycles. The van der Waals surface area contributed by atoms with Gasteiger partial charge in [-0.05, 0) is 73.2 Å². The average Bonchev–Trinajstić information content (AvgIpc) is 3.20. The lowest BCUT2D eigenvalue weighted by Gasteiger charge is -2.30. The summed E-state index contributed by atoms with van der Waals surface area (Å²) in [6.45, 7) is 4.28. The highest BCUT2D eigenvalue weighted by Crippen LogP contribution is 2.26. The van der Waals surface area contributed by atoms with Gasteiger partial charge in [-0.3, -0.25) is 0 Å². The highest BCUT2D eigenvalue weighted by molar-refractivity contribution is 6.30. The van der Waals surface area contributed by atoms with E-state index in [1.54, 1.807) is 0 Å². The molecule has 1 aliphatic heterocycles. The lowest BCUT2D eigenvalue weighted by molar-refractivity contribution is 0.414. The maximum Gasteiger partial charge on any atom is 0.0407 e. The Morgan fingerprint density at radius 1 is 0.759 bits per heavy atom. The average molecular weight is 405 g/mol. The van der Waals surface area contributed by atoms with Gasteiger partial charge < -0.3 is 10.2 Å². The third-order valence-corrected chi connectivity index (χ3v) is 6.23. The van der Waals surface area contributed by atoms with E-state index in [2.05, 4.69) is 83.0 Å². The SMILES string of the molecule is Clc1ccc(N(CCc2ccccc2)CC2CNCC2Cc2ccccc2)cc1. The summed E-state index contributed by atoms with van der Waals surface area (Å²) in [5.74, 6) is 1.31. The smallest absolute Gasteiger partial charge is 0.0407 e. The van der Waals surface area contributed by atoms with Gasteiger partial charge in [-0.25, -0.2) is 0 Å². The van der Waals surface area contributed by atoms with Crippen LogP contribution in [0.4, 0.5) is 5.69 Å². The van der Waals surface area contributed by atoms with Crippen molar-refractivity contribution in [3.63, 3.8) is 0 Å². The van der Waals surface area contributed by atoms with E-state index in [1.165, 1.54) is 16.8 Å². The van der Waals surface area contributed by atoms with Gasteiger partial charge in [-0.2, -0.15) is 0 Å². The van der Waals surface area contributed by atoms with E-state index in [9.17, 15) is 0 Å². The Morgan fingerprint density at radius 3 is 2.07 bits per heavy atom. The molecule has 3 heteroatoms. The minimum absolute atomic E-state index is 0.640. The van der Waals surface area contributed by atoms with Gasteiger partial charge in [0.15, 0.2) is 0 Å². The first-order valence-corrected chi connectivity index (χ1v) is 10.9. The van der Waals surface area contributed by atoms with E-state index in [1.807, 2.05) is 12.1 Å². The summed E-state index contributed by atoms with van der Waals surface area (Å²) in [5, 5.41) is 4.43. The molecule has 150 valence electrons. The van der Waals surface area contributed by atoms with Crippen molar-refractivity contribution in [2.45, 2.75) is 12.8 Å². The molecule has 1 aliphatic rings. The molecule has 0 radical (unpaired) electrons. The minimum Gasteiger partial charge on any atom is -0.371 e. The molecular formula is C26H29ClN2. The molecule has 2 unspecified atom stereocenters. The van der Waals surface area contributed by atoms with E-state index in [-0.39, 0.29) is 0 Å². The molecule has 2 nitrogen and oxygen atoms in total. The molecule has 0 spiro atoms. The summed E-state index contributed by atoms with van der Waals surface area (Å²) in [6, 6.07) is 30.0. The van der Waals surface area contributed by atoms with E-state index >= 15 is 0 Å².